The second-order valence-corrected chi connectivity index (χ2v) is 9.02. The van der Waals surface area contributed by atoms with Crippen LogP contribution >= 0.6 is 11.8 Å². The van der Waals surface area contributed by atoms with E-state index < -0.39 is 10.0 Å². The molecule has 28 heavy (non-hydrogen) atoms. The van der Waals surface area contributed by atoms with E-state index in [0.29, 0.717) is 49.6 Å². The van der Waals surface area contributed by atoms with Crippen LogP contribution in [-0.2, 0) is 21.3 Å². The maximum absolute atomic E-state index is 12.6. The number of ether oxygens (including phenoxy) is 2. The summed E-state index contributed by atoms with van der Waals surface area (Å²) in [6.45, 7) is 4.70. The zero-order chi connectivity index (χ0) is 20.0. The Bertz CT molecular complexity index is 938. The Morgan fingerprint density at radius 1 is 1.18 bits per heavy atom. The van der Waals surface area contributed by atoms with E-state index in [-0.39, 0.29) is 10.5 Å². The van der Waals surface area contributed by atoms with Gasteiger partial charge in [-0.25, -0.2) is 8.42 Å². The third kappa shape index (κ3) is 5.13. The quantitative estimate of drug-likeness (QED) is 0.359. The number of thioether (sulfide) groups is 1. The van der Waals surface area contributed by atoms with Crippen molar-refractivity contribution in [3.05, 3.63) is 46.9 Å². The highest BCUT2D eigenvalue weighted by molar-refractivity contribution is 7.99. The summed E-state index contributed by atoms with van der Waals surface area (Å²) in [6.07, 6.45) is 1.73. The van der Waals surface area contributed by atoms with Crippen LogP contribution in [0, 0.1) is 0 Å². The summed E-state index contributed by atoms with van der Waals surface area (Å²) in [4.78, 5) is 15.7. The summed E-state index contributed by atoms with van der Waals surface area (Å²) in [6, 6.07) is 7.86. The Morgan fingerprint density at radius 2 is 1.89 bits per heavy atom. The average Bonchev–Trinajstić information content (AvgIpc) is 2.72. The predicted octanol–water partition coefficient (Wildman–Crippen LogP) is 1.46. The summed E-state index contributed by atoms with van der Waals surface area (Å²) in [5, 5.41) is 0.658. The van der Waals surface area contributed by atoms with Gasteiger partial charge in [0.1, 0.15) is 5.75 Å². The van der Waals surface area contributed by atoms with Gasteiger partial charge in [-0.15, -0.1) is 0 Å². The molecule has 3 rings (SSSR count). The van der Waals surface area contributed by atoms with Gasteiger partial charge in [-0.3, -0.25) is 4.79 Å². The lowest BCUT2D eigenvalue weighted by Gasteiger charge is -2.26. The minimum Gasteiger partial charge on any atom is -0.493 e. The predicted molar refractivity (Wildman–Crippen MR) is 106 cm³/mol. The van der Waals surface area contributed by atoms with Crippen LogP contribution in [-0.4, -0.2) is 60.9 Å². The first-order valence-electron chi connectivity index (χ1n) is 9.02. The number of hydrogen-bond acceptors (Lipinski definition) is 7. The van der Waals surface area contributed by atoms with Crippen LogP contribution in [0.15, 0.2) is 51.4 Å². The summed E-state index contributed by atoms with van der Waals surface area (Å²) in [5.41, 5.74) is -0.259. The molecule has 1 aromatic carbocycles. The average molecular weight is 426 g/mol. The number of aromatic nitrogens is 2. The molecule has 1 aliphatic heterocycles. The molecular formula is C18H23N3O5S2. The maximum Gasteiger partial charge on any atom is 0.273 e. The molecule has 2 aromatic rings. The highest BCUT2D eigenvalue weighted by Gasteiger charge is 2.26. The molecule has 152 valence electrons. The minimum atomic E-state index is -3.50. The molecule has 10 heteroatoms. The number of nitrogens with zero attached hydrogens (tertiary/aromatic N) is 3. The molecule has 1 aliphatic rings. The van der Waals surface area contributed by atoms with E-state index in [1.54, 1.807) is 30.5 Å². The van der Waals surface area contributed by atoms with Crippen molar-refractivity contribution in [2.75, 3.05) is 38.7 Å². The van der Waals surface area contributed by atoms with E-state index in [1.165, 1.54) is 22.1 Å². The van der Waals surface area contributed by atoms with Crippen LogP contribution < -0.4 is 10.3 Å². The van der Waals surface area contributed by atoms with Gasteiger partial charge in [-0.1, -0.05) is 11.8 Å². The van der Waals surface area contributed by atoms with Crippen LogP contribution in [0.1, 0.15) is 6.92 Å². The monoisotopic (exact) mass is 425 g/mol. The second kappa shape index (κ2) is 9.55. The zero-order valence-corrected chi connectivity index (χ0v) is 17.2. The van der Waals surface area contributed by atoms with E-state index in [9.17, 15) is 13.2 Å². The van der Waals surface area contributed by atoms with Crippen molar-refractivity contribution >= 4 is 21.8 Å². The second-order valence-electron chi connectivity index (χ2n) is 6.02. The van der Waals surface area contributed by atoms with Gasteiger partial charge in [0, 0.05) is 37.7 Å². The van der Waals surface area contributed by atoms with Crippen molar-refractivity contribution in [3.8, 4) is 5.75 Å². The van der Waals surface area contributed by atoms with E-state index >= 15 is 0 Å². The smallest absolute Gasteiger partial charge is 0.273 e. The Balaban J connectivity index is 1.53. The molecule has 1 aromatic heterocycles. The lowest BCUT2D eigenvalue weighted by atomic mass is 10.3. The first kappa shape index (κ1) is 20.8. The molecule has 0 spiro atoms. The molecule has 0 unspecified atom stereocenters. The van der Waals surface area contributed by atoms with Gasteiger partial charge in [0.15, 0.2) is 5.16 Å². The van der Waals surface area contributed by atoms with Gasteiger partial charge in [0.2, 0.25) is 10.0 Å². The zero-order valence-electron chi connectivity index (χ0n) is 15.6. The van der Waals surface area contributed by atoms with Gasteiger partial charge < -0.3 is 14.0 Å². The number of aryl methyl sites for hydroxylation is 1. The lowest BCUT2D eigenvalue weighted by molar-refractivity contribution is 0.0730. The first-order chi connectivity index (χ1) is 13.5. The number of sulfonamides is 1. The number of hydrogen-bond donors (Lipinski definition) is 0. The molecule has 0 N–H and O–H groups in total. The Labute approximate surface area is 168 Å². The SMILES string of the molecule is CCn1ccc(=O)nc1SCCOc1ccc(S(=O)(=O)N2CCOCC2)cc1. The number of benzene rings is 1. The normalized spacial score (nSPS) is 15.5. The first-order valence-corrected chi connectivity index (χ1v) is 11.4. The van der Waals surface area contributed by atoms with Crippen molar-refractivity contribution in [2.45, 2.75) is 23.5 Å². The van der Waals surface area contributed by atoms with Crippen LogP contribution in [0.5, 0.6) is 5.75 Å². The van der Waals surface area contributed by atoms with E-state index in [0.717, 1.165) is 6.54 Å². The maximum atomic E-state index is 12.6. The largest absolute Gasteiger partial charge is 0.493 e. The van der Waals surface area contributed by atoms with E-state index in [4.69, 9.17) is 9.47 Å². The van der Waals surface area contributed by atoms with Crippen molar-refractivity contribution in [1.82, 2.24) is 13.9 Å². The van der Waals surface area contributed by atoms with Gasteiger partial charge >= 0.3 is 0 Å². The van der Waals surface area contributed by atoms with Crippen molar-refractivity contribution < 1.29 is 17.9 Å². The summed E-state index contributed by atoms with van der Waals surface area (Å²) in [7, 11) is -3.50. The molecule has 1 fully saturated rings. The van der Waals surface area contributed by atoms with Crippen LogP contribution in [0.25, 0.3) is 0 Å². The van der Waals surface area contributed by atoms with Crippen LogP contribution in [0.3, 0.4) is 0 Å². The van der Waals surface area contributed by atoms with Gasteiger partial charge in [0.05, 0.1) is 24.7 Å². The Morgan fingerprint density at radius 3 is 2.57 bits per heavy atom. The van der Waals surface area contributed by atoms with Crippen molar-refractivity contribution in [1.29, 1.82) is 0 Å². The molecule has 1 saturated heterocycles. The van der Waals surface area contributed by atoms with Crippen molar-refractivity contribution in [3.63, 3.8) is 0 Å². The topological polar surface area (TPSA) is 90.7 Å². The fourth-order valence-electron chi connectivity index (χ4n) is 2.71. The highest BCUT2D eigenvalue weighted by Crippen LogP contribution is 2.21. The summed E-state index contributed by atoms with van der Waals surface area (Å²) < 4.78 is 39.4. The summed E-state index contributed by atoms with van der Waals surface area (Å²) >= 11 is 1.44. The molecule has 0 atom stereocenters. The molecule has 0 saturated carbocycles. The third-order valence-electron chi connectivity index (χ3n) is 4.20. The van der Waals surface area contributed by atoms with Crippen LogP contribution in [0.2, 0.25) is 0 Å². The standard InChI is InChI=1S/C18H23N3O5S2/c1-2-20-8-7-17(22)19-18(20)27-14-13-26-15-3-5-16(6-4-15)28(23,24)21-9-11-25-12-10-21/h3-8H,2,9-14H2,1H3. The molecule has 0 amide bonds. The molecular weight excluding hydrogens is 402 g/mol. The van der Waals surface area contributed by atoms with E-state index in [1.807, 2.05) is 11.5 Å². The summed E-state index contributed by atoms with van der Waals surface area (Å²) in [5.74, 6) is 1.21. The van der Waals surface area contributed by atoms with Gasteiger partial charge in [0.25, 0.3) is 5.56 Å². The Hall–Kier alpha value is -1.88. The van der Waals surface area contributed by atoms with Gasteiger partial charge in [-0.05, 0) is 31.2 Å². The molecule has 8 nitrogen and oxygen atoms in total. The lowest BCUT2D eigenvalue weighted by Crippen LogP contribution is -2.40. The fourth-order valence-corrected chi connectivity index (χ4v) is 4.97. The van der Waals surface area contributed by atoms with E-state index in [2.05, 4.69) is 4.98 Å². The highest BCUT2D eigenvalue weighted by atomic mass is 32.2. The fraction of sp³-hybridized carbons (Fsp3) is 0.444. The molecule has 0 bridgehead atoms. The van der Waals surface area contributed by atoms with Gasteiger partial charge in [-0.2, -0.15) is 9.29 Å². The van der Waals surface area contributed by atoms with Crippen LogP contribution in [0.4, 0.5) is 0 Å². The molecule has 2 heterocycles. The molecule has 0 radical (unpaired) electrons. The number of rotatable bonds is 8. The molecule has 0 aliphatic carbocycles. The minimum absolute atomic E-state index is 0.247. The third-order valence-corrected chi connectivity index (χ3v) is 7.07. The number of morpholine rings is 1. The van der Waals surface area contributed by atoms with Crippen molar-refractivity contribution in [2.24, 2.45) is 0 Å². The Kier molecular flexibility index (Phi) is 7.11.